The number of likely N-dealkylation sites (tertiary alicyclic amines) is 1. The summed E-state index contributed by atoms with van der Waals surface area (Å²) in [5.74, 6) is -1.06. The lowest BCUT2D eigenvalue weighted by Crippen LogP contribution is -2.49. The lowest BCUT2D eigenvalue weighted by Gasteiger charge is -2.35. The Bertz CT molecular complexity index is 864. The third-order valence-electron chi connectivity index (χ3n) is 5.24. The van der Waals surface area contributed by atoms with E-state index in [9.17, 15) is 14.0 Å². The van der Waals surface area contributed by atoms with Crippen LogP contribution in [0.5, 0.6) is 0 Å². The Labute approximate surface area is 161 Å². The minimum absolute atomic E-state index is 0.0939. The van der Waals surface area contributed by atoms with E-state index in [0.717, 1.165) is 11.8 Å². The summed E-state index contributed by atoms with van der Waals surface area (Å²) in [5.41, 5.74) is 1.06. The zero-order valence-corrected chi connectivity index (χ0v) is 15.3. The highest BCUT2D eigenvalue weighted by Gasteiger charge is 2.43. The first kappa shape index (κ1) is 18.5. The molecule has 1 N–H and O–H groups in total. The van der Waals surface area contributed by atoms with Gasteiger partial charge in [0.1, 0.15) is 6.10 Å². The van der Waals surface area contributed by atoms with Crippen molar-refractivity contribution in [3.8, 4) is 0 Å². The Hall–Kier alpha value is -2.87. The van der Waals surface area contributed by atoms with Crippen LogP contribution in [0.2, 0.25) is 0 Å². The van der Waals surface area contributed by atoms with E-state index in [1.165, 1.54) is 12.3 Å². The largest absolute Gasteiger partial charge is 0.363 e. The van der Waals surface area contributed by atoms with Crippen molar-refractivity contribution in [3.63, 3.8) is 0 Å². The molecule has 0 spiro atoms. The van der Waals surface area contributed by atoms with Gasteiger partial charge in [0, 0.05) is 30.6 Å². The van der Waals surface area contributed by atoms with Crippen molar-refractivity contribution in [2.45, 2.75) is 44.1 Å². The van der Waals surface area contributed by atoms with Crippen molar-refractivity contribution < 1.29 is 18.7 Å². The first-order valence-electron chi connectivity index (χ1n) is 9.37. The Morgan fingerprint density at radius 1 is 1.18 bits per heavy atom. The highest BCUT2D eigenvalue weighted by Crippen LogP contribution is 2.32. The van der Waals surface area contributed by atoms with Gasteiger partial charge >= 0.3 is 0 Å². The summed E-state index contributed by atoms with van der Waals surface area (Å²) >= 11 is 0. The summed E-state index contributed by atoms with van der Waals surface area (Å²) in [4.78, 5) is 34.6. The number of halogens is 1. The Morgan fingerprint density at radius 3 is 2.86 bits per heavy atom. The molecule has 8 heteroatoms. The smallest absolute Gasteiger partial charge is 0.254 e. The van der Waals surface area contributed by atoms with Crippen LogP contribution in [-0.2, 0) is 16.1 Å². The monoisotopic (exact) mass is 384 g/mol. The minimum Gasteiger partial charge on any atom is -0.363 e. The van der Waals surface area contributed by atoms with Crippen LogP contribution in [0.4, 0.5) is 4.39 Å². The van der Waals surface area contributed by atoms with Gasteiger partial charge in [-0.2, -0.15) is 4.39 Å². The van der Waals surface area contributed by atoms with Crippen LogP contribution >= 0.6 is 0 Å². The maximum atomic E-state index is 13.3. The van der Waals surface area contributed by atoms with E-state index in [1.54, 1.807) is 11.1 Å². The van der Waals surface area contributed by atoms with E-state index < -0.39 is 12.1 Å². The molecule has 2 aromatic heterocycles. The molecule has 2 fully saturated rings. The molecule has 146 valence electrons. The molecule has 2 amide bonds. The molecule has 3 atom stereocenters. The van der Waals surface area contributed by atoms with E-state index in [2.05, 4.69) is 15.3 Å². The molecule has 28 heavy (non-hydrogen) atoms. The summed E-state index contributed by atoms with van der Waals surface area (Å²) in [5, 5.41) is 2.86. The predicted octanol–water partition coefficient (Wildman–Crippen LogP) is 1.69. The number of ether oxygens (including phenoxy) is 1. The zero-order chi connectivity index (χ0) is 19.5. The lowest BCUT2D eigenvalue weighted by molar-refractivity contribution is -0.143. The molecule has 0 aliphatic carbocycles. The van der Waals surface area contributed by atoms with Crippen LogP contribution in [0.25, 0.3) is 0 Å². The van der Waals surface area contributed by atoms with E-state index >= 15 is 0 Å². The third kappa shape index (κ3) is 3.87. The number of nitrogens with zero attached hydrogens (tertiary/aromatic N) is 3. The number of aromatic nitrogens is 2. The number of rotatable bonds is 4. The molecular formula is C20H21FN4O3. The normalized spacial score (nSPS) is 23.9. The van der Waals surface area contributed by atoms with Gasteiger partial charge in [-0.15, -0.1) is 0 Å². The molecule has 2 aromatic rings. The third-order valence-corrected chi connectivity index (χ3v) is 5.24. The van der Waals surface area contributed by atoms with Crippen LogP contribution in [0, 0.1) is 5.95 Å². The molecule has 0 radical (unpaired) electrons. The average Bonchev–Trinajstić information content (AvgIpc) is 3.15. The highest BCUT2D eigenvalue weighted by molar-refractivity contribution is 5.94. The van der Waals surface area contributed by atoms with Gasteiger partial charge < -0.3 is 15.0 Å². The maximum Gasteiger partial charge on any atom is 0.254 e. The Balaban J connectivity index is 1.34. The number of amides is 2. The fraction of sp³-hybridized carbons (Fsp3) is 0.400. The SMILES string of the molecule is O=C(NCc1ccccn1)[C@H]1CC[C@@H]2[C@@H](CCN2C(=O)c2ccnc(F)c2)O1. The summed E-state index contributed by atoms with van der Waals surface area (Å²) in [6.07, 6.45) is 4.12. The zero-order valence-electron chi connectivity index (χ0n) is 15.3. The summed E-state index contributed by atoms with van der Waals surface area (Å²) in [6, 6.07) is 8.10. The van der Waals surface area contributed by atoms with E-state index in [0.29, 0.717) is 32.4 Å². The summed E-state index contributed by atoms with van der Waals surface area (Å²) in [6.45, 7) is 0.881. The molecule has 2 saturated heterocycles. The number of fused-ring (bicyclic) bond motifs is 1. The second kappa shape index (κ2) is 8.02. The number of pyridine rings is 2. The number of carbonyl (C=O) groups is 2. The minimum atomic E-state index is -0.675. The molecule has 0 aromatic carbocycles. The van der Waals surface area contributed by atoms with Gasteiger partial charge in [-0.1, -0.05) is 6.07 Å². The van der Waals surface area contributed by atoms with Crippen LogP contribution in [-0.4, -0.2) is 51.5 Å². The first-order chi connectivity index (χ1) is 13.6. The fourth-order valence-electron chi connectivity index (χ4n) is 3.87. The van der Waals surface area contributed by atoms with Crippen LogP contribution in [0.1, 0.15) is 35.3 Å². The molecule has 7 nitrogen and oxygen atoms in total. The van der Waals surface area contributed by atoms with Crippen LogP contribution in [0.15, 0.2) is 42.7 Å². The van der Waals surface area contributed by atoms with Crippen LogP contribution < -0.4 is 5.32 Å². The van der Waals surface area contributed by atoms with Crippen molar-refractivity contribution in [2.24, 2.45) is 0 Å². The van der Waals surface area contributed by atoms with Crippen molar-refractivity contribution in [1.29, 1.82) is 0 Å². The van der Waals surface area contributed by atoms with Gasteiger partial charge in [-0.3, -0.25) is 14.6 Å². The standard InChI is InChI=1S/C20H21FN4O3/c21-18-11-13(6-9-23-18)20(27)25-10-7-16-15(25)4-5-17(28-16)19(26)24-12-14-3-1-2-8-22-14/h1-3,6,8-9,11,15-17H,4-5,7,10,12H2,(H,24,26)/t15-,16-,17-/m1/s1. The topological polar surface area (TPSA) is 84.4 Å². The summed E-state index contributed by atoms with van der Waals surface area (Å²) in [7, 11) is 0. The number of nitrogens with one attached hydrogen (secondary N) is 1. The summed E-state index contributed by atoms with van der Waals surface area (Å²) < 4.78 is 19.3. The van der Waals surface area contributed by atoms with Gasteiger partial charge in [0.15, 0.2) is 0 Å². The molecule has 0 saturated carbocycles. The Kier molecular flexibility index (Phi) is 5.29. The first-order valence-corrected chi connectivity index (χ1v) is 9.37. The lowest BCUT2D eigenvalue weighted by atomic mass is 9.98. The molecule has 2 aliphatic heterocycles. The van der Waals surface area contributed by atoms with Gasteiger partial charge in [0.2, 0.25) is 11.9 Å². The maximum absolute atomic E-state index is 13.3. The van der Waals surface area contributed by atoms with Crippen molar-refractivity contribution in [2.75, 3.05) is 6.54 Å². The number of hydrogen-bond donors (Lipinski definition) is 1. The van der Waals surface area contributed by atoms with E-state index in [-0.39, 0.29) is 29.5 Å². The van der Waals surface area contributed by atoms with Crippen LogP contribution in [0.3, 0.4) is 0 Å². The quantitative estimate of drug-likeness (QED) is 0.811. The molecule has 4 heterocycles. The molecule has 2 aliphatic rings. The Morgan fingerprint density at radius 2 is 2.07 bits per heavy atom. The average molecular weight is 384 g/mol. The number of carbonyl (C=O) groups excluding carboxylic acids is 2. The fourth-order valence-corrected chi connectivity index (χ4v) is 3.87. The second-order valence-corrected chi connectivity index (χ2v) is 7.00. The number of hydrogen-bond acceptors (Lipinski definition) is 5. The molecule has 0 unspecified atom stereocenters. The van der Waals surface area contributed by atoms with Gasteiger partial charge in [0.05, 0.1) is 24.4 Å². The molecular weight excluding hydrogens is 363 g/mol. The second-order valence-electron chi connectivity index (χ2n) is 7.00. The van der Waals surface area contributed by atoms with Crippen molar-refractivity contribution >= 4 is 11.8 Å². The van der Waals surface area contributed by atoms with Gasteiger partial charge in [0.25, 0.3) is 5.91 Å². The van der Waals surface area contributed by atoms with E-state index in [4.69, 9.17) is 4.74 Å². The predicted molar refractivity (Wildman–Crippen MR) is 97.6 cm³/mol. The molecule has 0 bridgehead atoms. The highest BCUT2D eigenvalue weighted by atomic mass is 19.1. The van der Waals surface area contributed by atoms with E-state index in [1.807, 2.05) is 18.2 Å². The molecule has 4 rings (SSSR count). The van der Waals surface area contributed by atoms with Crippen molar-refractivity contribution in [1.82, 2.24) is 20.2 Å². The van der Waals surface area contributed by atoms with Crippen molar-refractivity contribution in [3.05, 3.63) is 59.9 Å². The van der Waals surface area contributed by atoms with Gasteiger partial charge in [-0.05, 0) is 37.5 Å². The van der Waals surface area contributed by atoms with Gasteiger partial charge in [-0.25, -0.2) is 4.98 Å².